The summed E-state index contributed by atoms with van der Waals surface area (Å²) in [6.45, 7) is -0.820. The predicted octanol–water partition coefficient (Wildman–Crippen LogP) is 2.14. The highest BCUT2D eigenvalue weighted by Gasteiger charge is 2.36. The molecule has 1 fully saturated rings. The minimum absolute atomic E-state index is 0.139. The lowest BCUT2D eigenvalue weighted by molar-refractivity contribution is -0.152. The number of nitrogens with one attached hydrogen (secondary N) is 3. The van der Waals surface area contributed by atoms with Gasteiger partial charge in [0.25, 0.3) is 17.7 Å². The van der Waals surface area contributed by atoms with Gasteiger partial charge in [-0.15, -0.1) is 0 Å². The molecule has 1 aliphatic heterocycles. The van der Waals surface area contributed by atoms with Crippen molar-refractivity contribution in [1.82, 2.24) is 21.3 Å². The van der Waals surface area contributed by atoms with Crippen LogP contribution in [0.5, 0.6) is 0 Å². The van der Waals surface area contributed by atoms with Crippen LogP contribution in [0, 0.1) is 5.92 Å². The highest BCUT2D eigenvalue weighted by molar-refractivity contribution is 6.42. The maximum absolute atomic E-state index is 12.3. The molecule has 1 atom stereocenters. The van der Waals surface area contributed by atoms with Gasteiger partial charge in [0.2, 0.25) is 5.91 Å². The third-order valence-corrected chi connectivity index (χ3v) is 5.64. The van der Waals surface area contributed by atoms with E-state index in [0.29, 0.717) is 5.02 Å². The van der Waals surface area contributed by atoms with E-state index < -0.39 is 42.1 Å². The number of hydrogen-bond acceptors (Lipinski definition) is 6. The number of amides is 4. The van der Waals surface area contributed by atoms with Crippen molar-refractivity contribution in [1.29, 1.82) is 0 Å². The van der Waals surface area contributed by atoms with E-state index >= 15 is 0 Å². The van der Waals surface area contributed by atoms with E-state index in [9.17, 15) is 24.0 Å². The molecular formula is C21H17Cl3N4O6. The molecule has 1 heterocycles. The van der Waals surface area contributed by atoms with Crippen molar-refractivity contribution in [3.05, 3.63) is 68.7 Å². The van der Waals surface area contributed by atoms with Gasteiger partial charge in [0.15, 0.2) is 6.61 Å². The molecule has 0 radical (unpaired) electrons. The molecule has 10 nitrogen and oxygen atoms in total. The first kappa shape index (κ1) is 25.3. The summed E-state index contributed by atoms with van der Waals surface area (Å²) in [4.78, 5) is 60.5. The summed E-state index contributed by atoms with van der Waals surface area (Å²) in [6.07, 6.45) is -0.213. The highest BCUT2D eigenvalue weighted by Crippen LogP contribution is 2.23. The molecule has 2 aromatic carbocycles. The molecule has 2 aromatic rings. The molecule has 0 unspecified atom stereocenters. The molecule has 1 aliphatic rings. The largest absolute Gasteiger partial charge is 0.455 e. The third kappa shape index (κ3) is 6.60. The van der Waals surface area contributed by atoms with Gasteiger partial charge in [-0.25, -0.2) is 0 Å². The normalized spacial score (nSPS) is 15.0. The van der Waals surface area contributed by atoms with Crippen molar-refractivity contribution in [3.63, 3.8) is 0 Å². The monoisotopic (exact) mass is 526 g/mol. The molecule has 0 aromatic heterocycles. The summed E-state index contributed by atoms with van der Waals surface area (Å²) in [7, 11) is 0. The summed E-state index contributed by atoms with van der Waals surface area (Å²) in [5, 5.41) is 1.88. The fraction of sp³-hybridized carbons (Fsp3) is 0.190. The van der Waals surface area contributed by atoms with Gasteiger partial charge in [-0.1, -0.05) is 34.8 Å². The lowest BCUT2D eigenvalue weighted by Gasteiger charge is -2.17. The Morgan fingerprint density at radius 3 is 2.26 bits per heavy atom. The van der Waals surface area contributed by atoms with Gasteiger partial charge in [-0.2, -0.15) is 0 Å². The van der Waals surface area contributed by atoms with Crippen LogP contribution in [0.25, 0.3) is 0 Å². The summed E-state index contributed by atoms with van der Waals surface area (Å²) < 4.78 is 4.91. The average Bonchev–Trinajstić information content (AvgIpc) is 3.18. The molecule has 1 saturated heterocycles. The van der Waals surface area contributed by atoms with Crippen LogP contribution >= 0.6 is 34.8 Å². The Morgan fingerprint density at radius 2 is 1.59 bits per heavy atom. The van der Waals surface area contributed by atoms with Gasteiger partial charge in [0, 0.05) is 22.6 Å². The molecule has 34 heavy (non-hydrogen) atoms. The van der Waals surface area contributed by atoms with E-state index in [0.717, 1.165) is 5.01 Å². The Labute approximate surface area is 208 Å². The quantitative estimate of drug-likeness (QED) is 0.389. The van der Waals surface area contributed by atoms with Crippen LogP contribution in [0.1, 0.15) is 27.1 Å². The van der Waals surface area contributed by atoms with Crippen molar-refractivity contribution < 1.29 is 28.7 Å². The van der Waals surface area contributed by atoms with Gasteiger partial charge in [0.1, 0.15) is 0 Å². The lowest BCUT2D eigenvalue weighted by Crippen LogP contribution is -2.44. The van der Waals surface area contributed by atoms with Gasteiger partial charge in [-0.05, 0) is 42.5 Å². The highest BCUT2D eigenvalue weighted by atomic mass is 35.5. The summed E-state index contributed by atoms with van der Waals surface area (Å²) >= 11 is 17.5. The van der Waals surface area contributed by atoms with Crippen molar-refractivity contribution >= 4 is 64.4 Å². The Balaban J connectivity index is 1.43. The predicted molar refractivity (Wildman–Crippen MR) is 122 cm³/mol. The fourth-order valence-electron chi connectivity index (χ4n) is 2.89. The summed E-state index contributed by atoms with van der Waals surface area (Å²) in [6, 6.07) is 10.2. The maximum atomic E-state index is 12.3. The number of hydrogen-bond donors (Lipinski definition) is 3. The molecule has 4 amide bonds. The minimum Gasteiger partial charge on any atom is -0.455 e. The number of ether oxygens (including phenoxy) is 1. The van der Waals surface area contributed by atoms with Gasteiger partial charge in [0.05, 0.1) is 22.5 Å². The number of halogens is 3. The molecule has 0 aliphatic carbocycles. The molecule has 13 heteroatoms. The SMILES string of the molecule is O=C(COC(=O)[C@@H]1CC(=O)N(NC(=O)c2ccc(Cl)c(Cl)c2)C1)NNC(=O)c1ccc(Cl)cc1. The van der Waals surface area contributed by atoms with Crippen LogP contribution in [-0.2, 0) is 19.1 Å². The zero-order valence-electron chi connectivity index (χ0n) is 17.3. The second kappa shape index (κ2) is 11.2. The van der Waals surface area contributed by atoms with E-state index in [1.807, 2.05) is 0 Å². The van der Waals surface area contributed by atoms with E-state index in [1.54, 1.807) is 0 Å². The summed E-state index contributed by atoms with van der Waals surface area (Å²) in [5.74, 6) is -4.19. The Hall–Kier alpha value is -3.34. The molecule has 0 spiro atoms. The number of rotatable bonds is 6. The smallest absolute Gasteiger partial charge is 0.311 e. The van der Waals surface area contributed by atoms with E-state index in [2.05, 4.69) is 16.3 Å². The summed E-state index contributed by atoms with van der Waals surface area (Å²) in [5.41, 5.74) is 7.10. The zero-order valence-corrected chi connectivity index (χ0v) is 19.5. The first-order valence-corrected chi connectivity index (χ1v) is 10.8. The van der Waals surface area contributed by atoms with E-state index in [1.165, 1.54) is 42.5 Å². The number of esters is 1. The molecular weight excluding hydrogens is 511 g/mol. The molecule has 178 valence electrons. The van der Waals surface area contributed by atoms with Crippen LogP contribution in [0.15, 0.2) is 42.5 Å². The maximum Gasteiger partial charge on any atom is 0.311 e. The van der Waals surface area contributed by atoms with Gasteiger partial charge < -0.3 is 4.74 Å². The van der Waals surface area contributed by atoms with E-state index in [4.69, 9.17) is 39.5 Å². The standard InChI is InChI=1S/C21H17Cl3N4O6/c22-14-4-1-11(2-5-14)19(31)26-25-17(29)10-34-21(33)13-8-18(30)28(9-13)27-20(32)12-3-6-15(23)16(24)7-12/h1-7,13H,8-10H2,(H,25,29)(H,26,31)(H,27,32)/t13-/m1/s1. The Kier molecular flexibility index (Phi) is 8.32. The van der Waals surface area contributed by atoms with Gasteiger partial charge >= 0.3 is 5.97 Å². The average molecular weight is 528 g/mol. The Morgan fingerprint density at radius 1 is 0.912 bits per heavy atom. The Bertz CT molecular complexity index is 1140. The van der Waals surface area contributed by atoms with Crippen LogP contribution in [0.4, 0.5) is 0 Å². The van der Waals surface area contributed by atoms with Crippen molar-refractivity contribution in [2.24, 2.45) is 5.92 Å². The number of benzene rings is 2. The number of carbonyl (C=O) groups excluding carboxylic acids is 5. The number of nitrogens with zero attached hydrogens (tertiary/aromatic N) is 1. The van der Waals surface area contributed by atoms with Crippen LogP contribution in [0.3, 0.4) is 0 Å². The third-order valence-electron chi connectivity index (χ3n) is 4.64. The van der Waals surface area contributed by atoms with Crippen LogP contribution in [0.2, 0.25) is 15.1 Å². The molecule has 3 rings (SSSR count). The molecule has 3 N–H and O–H groups in total. The molecule has 0 bridgehead atoms. The van der Waals surface area contributed by atoms with Gasteiger partial charge in [-0.3, -0.25) is 45.3 Å². The first-order chi connectivity index (χ1) is 16.1. The van der Waals surface area contributed by atoms with Crippen molar-refractivity contribution in [3.8, 4) is 0 Å². The first-order valence-electron chi connectivity index (χ1n) is 9.72. The van der Waals surface area contributed by atoms with Crippen molar-refractivity contribution in [2.45, 2.75) is 6.42 Å². The zero-order chi connectivity index (χ0) is 24.8. The second-order valence-corrected chi connectivity index (χ2v) is 8.34. The molecule has 0 saturated carbocycles. The van der Waals surface area contributed by atoms with Crippen LogP contribution < -0.4 is 16.3 Å². The fourth-order valence-corrected chi connectivity index (χ4v) is 3.31. The number of carbonyl (C=O) groups is 5. The lowest BCUT2D eigenvalue weighted by atomic mass is 10.1. The number of hydrazine groups is 2. The van der Waals surface area contributed by atoms with Crippen molar-refractivity contribution in [2.75, 3.05) is 13.2 Å². The minimum atomic E-state index is -0.891. The topological polar surface area (TPSA) is 134 Å². The van der Waals surface area contributed by atoms with E-state index in [-0.39, 0.29) is 34.1 Å². The van der Waals surface area contributed by atoms with Crippen LogP contribution in [-0.4, -0.2) is 47.8 Å². The second-order valence-electron chi connectivity index (χ2n) is 7.09.